The first kappa shape index (κ1) is 14.0. The molecule has 0 aliphatic heterocycles. The van der Waals surface area contributed by atoms with Crippen LogP contribution in [0.4, 0.5) is 5.95 Å². The van der Waals surface area contributed by atoms with Crippen LogP contribution in [0.25, 0.3) is 11.1 Å². The highest BCUT2D eigenvalue weighted by Crippen LogP contribution is 2.26. The molecule has 1 heterocycles. The Labute approximate surface area is 119 Å². The third-order valence-electron chi connectivity index (χ3n) is 3.66. The highest BCUT2D eigenvalue weighted by molar-refractivity contribution is 5.68. The molecular formula is C16H18N4. The molecule has 4 nitrogen and oxygen atoms in total. The number of hydrogen-bond donors (Lipinski definition) is 0. The lowest BCUT2D eigenvalue weighted by Crippen LogP contribution is -2.19. The molecule has 0 bridgehead atoms. The molecule has 0 saturated carbocycles. The Kier molecular flexibility index (Phi) is 3.99. The van der Waals surface area contributed by atoms with Crippen molar-refractivity contribution in [1.29, 1.82) is 5.26 Å². The molecule has 102 valence electrons. The molecule has 0 unspecified atom stereocenters. The van der Waals surface area contributed by atoms with Crippen LogP contribution in [0.15, 0.2) is 24.5 Å². The van der Waals surface area contributed by atoms with Gasteiger partial charge in [0.15, 0.2) is 0 Å². The van der Waals surface area contributed by atoms with Crippen molar-refractivity contribution >= 4 is 5.95 Å². The summed E-state index contributed by atoms with van der Waals surface area (Å²) < 4.78 is 0. The summed E-state index contributed by atoms with van der Waals surface area (Å²) in [5.41, 5.74) is 6.00. The molecule has 2 rings (SSSR count). The topological polar surface area (TPSA) is 52.8 Å². The molecule has 0 amide bonds. The standard InChI is InChI=1S/C16H18N4/c1-11-5-6-15(13(3)12(11)2)14-9-18-16(19-10-14)20(4)8-7-17/h5-6,9-10H,8H2,1-4H3. The van der Waals surface area contributed by atoms with Crippen LogP contribution >= 0.6 is 0 Å². The van der Waals surface area contributed by atoms with E-state index >= 15 is 0 Å². The van der Waals surface area contributed by atoms with Gasteiger partial charge < -0.3 is 4.90 Å². The molecule has 4 heteroatoms. The lowest BCUT2D eigenvalue weighted by Gasteiger charge is -2.14. The van der Waals surface area contributed by atoms with E-state index in [1.807, 2.05) is 12.4 Å². The zero-order valence-electron chi connectivity index (χ0n) is 12.3. The van der Waals surface area contributed by atoms with Gasteiger partial charge in [-0.15, -0.1) is 0 Å². The first-order valence-corrected chi connectivity index (χ1v) is 6.52. The van der Waals surface area contributed by atoms with E-state index in [9.17, 15) is 0 Å². The number of rotatable bonds is 3. The molecule has 2 aromatic rings. The van der Waals surface area contributed by atoms with Crippen molar-refractivity contribution in [3.63, 3.8) is 0 Å². The maximum atomic E-state index is 8.68. The summed E-state index contributed by atoms with van der Waals surface area (Å²) in [6, 6.07) is 6.31. The minimum Gasteiger partial charge on any atom is -0.331 e. The Morgan fingerprint density at radius 3 is 2.35 bits per heavy atom. The second kappa shape index (κ2) is 5.70. The van der Waals surface area contributed by atoms with Crippen molar-refractivity contribution in [2.24, 2.45) is 0 Å². The number of benzene rings is 1. The third-order valence-corrected chi connectivity index (χ3v) is 3.66. The van der Waals surface area contributed by atoms with Gasteiger partial charge in [-0.05, 0) is 43.0 Å². The smallest absolute Gasteiger partial charge is 0.225 e. The monoisotopic (exact) mass is 266 g/mol. The fraction of sp³-hybridized carbons (Fsp3) is 0.312. The highest BCUT2D eigenvalue weighted by Gasteiger charge is 2.08. The Morgan fingerprint density at radius 1 is 1.10 bits per heavy atom. The van der Waals surface area contributed by atoms with Gasteiger partial charge in [-0.3, -0.25) is 0 Å². The average molecular weight is 266 g/mol. The Bertz CT molecular complexity index is 653. The lowest BCUT2D eigenvalue weighted by molar-refractivity contribution is 0.947. The third kappa shape index (κ3) is 2.62. The van der Waals surface area contributed by atoms with Crippen LogP contribution in [-0.2, 0) is 0 Å². The van der Waals surface area contributed by atoms with Gasteiger partial charge in [0.25, 0.3) is 0 Å². The SMILES string of the molecule is Cc1ccc(-c2cnc(N(C)CC#N)nc2)c(C)c1C. The maximum absolute atomic E-state index is 8.68. The summed E-state index contributed by atoms with van der Waals surface area (Å²) in [6.07, 6.45) is 3.63. The maximum Gasteiger partial charge on any atom is 0.225 e. The van der Waals surface area contributed by atoms with E-state index in [-0.39, 0.29) is 6.54 Å². The molecule has 0 atom stereocenters. The molecule has 1 aromatic heterocycles. The molecule has 20 heavy (non-hydrogen) atoms. The van der Waals surface area contributed by atoms with Crippen molar-refractivity contribution in [3.05, 3.63) is 41.2 Å². The second-order valence-electron chi connectivity index (χ2n) is 4.97. The van der Waals surface area contributed by atoms with Crippen LogP contribution in [0, 0.1) is 32.1 Å². The van der Waals surface area contributed by atoms with Gasteiger partial charge in [-0.2, -0.15) is 5.26 Å². The van der Waals surface area contributed by atoms with Gasteiger partial charge in [0.1, 0.15) is 6.54 Å². The van der Waals surface area contributed by atoms with Crippen LogP contribution < -0.4 is 4.90 Å². The first-order valence-electron chi connectivity index (χ1n) is 6.52. The number of aryl methyl sites for hydroxylation is 1. The predicted molar refractivity (Wildman–Crippen MR) is 80.6 cm³/mol. The zero-order valence-corrected chi connectivity index (χ0v) is 12.3. The molecule has 0 saturated heterocycles. The summed E-state index contributed by atoms with van der Waals surface area (Å²) in [4.78, 5) is 10.4. The summed E-state index contributed by atoms with van der Waals surface area (Å²) in [6.45, 7) is 6.64. The largest absolute Gasteiger partial charge is 0.331 e. The number of nitriles is 1. The molecule has 0 aliphatic rings. The van der Waals surface area contributed by atoms with E-state index in [0.29, 0.717) is 5.95 Å². The molecular weight excluding hydrogens is 248 g/mol. The van der Waals surface area contributed by atoms with Gasteiger partial charge in [-0.25, -0.2) is 9.97 Å². The normalized spacial score (nSPS) is 10.2. The fourth-order valence-corrected chi connectivity index (χ4v) is 2.10. The van der Waals surface area contributed by atoms with Gasteiger partial charge in [0.2, 0.25) is 5.95 Å². The molecule has 1 aromatic carbocycles. The lowest BCUT2D eigenvalue weighted by atomic mass is 9.96. The van der Waals surface area contributed by atoms with Crippen molar-refractivity contribution in [2.75, 3.05) is 18.5 Å². The minimum atomic E-state index is 0.280. The molecule has 0 aliphatic carbocycles. The van der Waals surface area contributed by atoms with Crippen LogP contribution in [0.2, 0.25) is 0 Å². The summed E-state index contributed by atoms with van der Waals surface area (Å²) in [7, 11) is 1.81. The average Bonchev–Trinajstić information content (AvgIpc) is 2.45. The quantitative estimate of drug-likeness (QED) is 0.801. The highest BCUT2D eigenvalue weighted by atomic mass is 15.2. The van der Waals surface area contributed by atoms with Crippen molar-refractivity contribution in [3.8, 4) is 17.2 Å². The minimum absolute atomic E-state index is 0.280. The Balaban J connectivity index is 2.36. The van der Waals surface area contributed by atoms with Gasteiger partial charge >= 0.3 is 0 Å². The predicted octanol–water partition coefficient (Wildman–Crippen LogP) is 3.03. The van der Waals surface area contributed by atoms with Crippen LogP contribution in [0.3, 0.4) is 0 Å². The summed E-state index contributed by atoms with van der Waals surface area (Å²) in [5, 5.41) is 8.68. The van der Waals surface area contributed by atoms with Gasteiger partial charge in [0.05, 0.1) is 6.07 Å². The number of aromatic nitrogens is 2. The van der Waals surface area contributed by atoms with E-state index in [1.54, 1.807) is 11.9 Å². The zero-order chi connectivity index (χ0) is 14.7. The van der Waals surface area contributed by atoms with E-state index in [0.717, 1.165) is 11.1 Å². The first-order chi connectivity index (χ1) is 9.54. The second-order valence-corrected chi connectivity index (χ2v) is 4.97. The van der Waals surface area contributed by atoms with Gasteiger partial charge in [0, 0.05) is 25.0 Å². The van der Waals surface area contributed by atoms with E-state index in [4.69, 9.17) is 5.26 Å². The summed E-state index contributed by atoms with van der Waals surface area (Å²) >= 11 is 0. The van der Waals surface area contributed by atoms with Crippen molar-refractivity contribution < 1.29 is 0 Å². The Morgan fingerprint density at radius 2 is 1.75 bits per heavy atom. The van der Waals surface area contributed by atoms with Crippen LogP contribution in [0.5, 0.6) is 0 Å². The van der Waals surface area contributed by atoms with Crippen LogP contribution in [-0.4, -0.2) is 23.6 Å². The Hall–Kier alpha value is -2.41. The van der Waals surface area contributed by atoms with E-state index < -0.39 is 0 Å². The van der Waals surface area contributed by atoms with Crippen LogP contribution in [0.1, 0.15) is 16.7 Å². The van der Waals surface area contributed by atoms with Gasteiger partial charge in [-0.1, -0.05) is 12.1 Å². The number of anilines is 1. The molecule has 0 N–H and O–H groups in total. The van der Waals surface area contributed by atoms with Crippen molar-refractivity contribution in [1.82, 2.24) is 9.97 Å². The fourth-order valence-electron chi connectivity index (χ4n) is 2.10. The summed E-state index contributed by atoms with van der Waals surface area (Å²) in [5.74, 6) is 0.566. The van der Waals surface area contributed by atoms with Crippen molar-refractivity contribution in [2.45, 2.75) is 20.8 Å². The molecule has 0 fully saturated rings. The molecule has 0 spiro atoms. The number of nitrogens with zero attached hydrogens (tertiary/aromatic N) is 4. The number of hydrogen-bond acceptors (Lipinski definition) is 4. The molecule has 0 radical (unpaired) electrons. The van der Waals surface area contributed by atoms with E-state index in [2.05, 4.69) is 48.9 Å². The van der Waals surface area contributed by atoms with E-state index in [1.165, 1.54) is 16.7 Å².